The van der Waals surface area contributed by atoms with Crippen LogP contribution in [0.15, 0.2) is 4.52 Å². The molecule has 0 bridgehead atoms. The van der Waals surface area contributed by atoms with E-state index in [-0.39, 0.29) is 11.5 Å². The van der Waals surface area contributed by atoms with Crippen molar-refractivity contribution in [1.82, 2.24) is 10.1 Å². The molecule has 1 aromatic heterocycles. The number of ether oxygens (including phenoxy) is 1. The Bertz CT molecular complexity index is 391. The second kappa shape index (κ2) is 4.97. The summed E-state index contributed by atoms with van der Waals surface area (Å²) in [6, 6.07) is 0. The fraction of sp³-hybridized carbons (Fsp3) is 0.846. The molecule has 100 valence electrons. The quantitative estimate of drug-likeness (QED) is 0.814. The molecule has 0 spiro atoms. The van der Waals surface area contributed by atoms with Crippen LogP contribution >= 0.6 is 0 Å². The number of nitrogens with two attached hydrogens (primary N) is 1. The normalized spacial score (nSPS) is 28.2. The second-order valence-corrected chi connectivity index (χ2v) is 5.59. The molecule has 1 saturated heterocycles. The summed E-state index contributed by atoms with van der Waals surface area (Å²) in [6.45, 7) is 1.48. The van der Waals surface area contributed by atoms with Gasteiger partial charge in [-0.2, -0.15) is 4.98 Å². The fourth-order valence-corrected chi connectivity index (χ4v) is 2.92. The van der Waals surface area contributed by atoms with Crippen LogP contribution in [-0.2, 0) is 10.3 Å². The zero-order chi connectivity index (χ0) is 12.4. The molecule has 5 heteroatoms. The first-order valence-electron chi connectivity index (χ1n) is 6.99. The molecular weight excluding hydrogens is 230 g/mol. The molecule has 2 heterocycles. The first-order chi connectivity index (χ1) is 8.78. The predicted octanol–water partition coefficient (Wildman–Crippen LogP) is 2.08. The van der Waals surface area contributed by atoms with Gasteiger partial charge in [0, 0.05) is 6.61 Å². The molecule has 0 radical (unpaired) electrons. The van der Waals surface area contributed by atoms with Crippen LogP contribution in [0.3, 0.4) is 0 Å². The summed E-state index contributed by atoms with van der Waals surface area (Å²) in [7, 11) is 0. The van der Waals surface area contributed by atoms with Crippen LogP contribution in [0.25, 0.3) is 0 Å². The minimum absolute atomic E-state index is 0.264. The van der Waals surface area contributed by atoms with Crippen LogP contribution in [0, 0.1) is 0 Å². The van der Waals surface area contributed by atoms with Crippen LogP contribution in [0.5, 0.6) is 0 Å². The predicted molar refractivity (Wildman–Crippen MR) is 66.0 cm³/mol. The maximum atomic E-state index is 6.48. The van der Waals surface area contributed by atoms with Gasteiger partial charge in [0.2, 0.25) is 5.89 Å². The van der Waals surface area contributed by atoms with Gasteiger partial charge in [0.25, 0.3) is 0 Å². The third kappa shape index (κ3) is 2.29. The van der Waals surface area contributed by atoms with Crippen LogP contribution in [0.1, 0.15) is 62.6 Å². The Hall–Kier alpha value is -0.940. The van der Waals surface area contributed by atoms with Crippen LogP contribution in [0.4, 0.5) is 0 Å². The van der Waals surface area contributed by atoms with Gasteiger partial charge in [-0.25, -0.2) is 0 Å². The van der Waals surface area contributed by atoms with E-state index in [1.54, 1.807) is 0 Å². The van der Waals surface area contributed by atoms with Crippen molar-refractivity contribution in [2.75, 3.05) is 13.2 Å². The van der Waals surface area contributed by atoms with Crippen molar-refractivity contribution in [2.45, 2.75) is 56.4 Å². The Morgan fingerprint density at radius 1 is 1.17 bits per heavy atom. The third-order valence-electron chi connectivity index (χ3n) is 4.16. The van der Waals surface area contributed by atoms with Gasteiger partial charge in [-0.05, 0) is 19.3 Å². The molecular formula is C13H21N3O2. The molecule has 0 amide bonds. The summed E-state index contributed by atoms with van der Waals surface area (Å²) < 4.78 is 10.7. The lowest BCUT2D eigenvalue weighted by atomic mass is 9.91. The minimum Gasteiger partial charge on any atom is -0.381 e. The molecule has 2 N–H and O–H groups in total. The zero-order valence-electron chi connectivity index (χ0n) is 10.7. The minimum atomic E-state index is -0.377. The highest BCUT2D eigenvalue weighted by molar-refractivity contribution is 5.07. The first-order valence-corrected chi connectivity index (χ1v) is 6.99. The van der Waals surface area contributed by atoms with Gasteiger partial charge in [0.1, 0.15) is 0 Å². The number of aromatic nitrogens is 2. The smallest absolute Gasteiger partial charge is 0.232 e. The van der Waals surface area contributed by atoms with Gasteiger partial charge >= 0.3 is 0 Å². The molecule has 1 aromatic rings. The fourth-order valence-electron chi connectivity index (χ4n) is 2.92. The van der Waals surface area contributed by atoms with Crippen LogP contribution in [0.2, 0.25) is 0 Å². The van der Waals surface area contributed by atoms with Gasteiger partial charge in [-0.3, -0.25) is 0 Å². The molecule has 3 rings (SSSR count). The van der Waals surface area contributed by atoms with Crippen molar-refractivity contribution in [3.05, 3.63) is 11.7 Å². The Morgan fingerprint density at radius 2 is 1.94 bits per heavy atom. The number of hydrogen-bond donors (Lipinski definition) is 1. The Kier molecular flexibility index (Phi) is 3.35. The van der Waals surface area contributed by atoms with Crippen molar-refractivity contribution >= 4 is 0 Å². The molecule has 1 saturated carbocycles. The molecule has 2 fully saturated rings. The summed E-state index contributed by atoms with van der Waals surface area (Å²) in [5.74, 6) is 1.67. The topological polar surface area (TPSA) is 74.2 Å². The molecule has 1 aliphatic heterocycles. The van der Waals surface area contributed by atoms with Gasteiger partial charge in [-0.15, -0.1) is 0 Å². The van der Waals surface area contributed by atoms with Gasteiger partial charge in [0.05, 0.1) is 18.1 Å². The van der Waals surface area contributed by atoms with Crippen LogP contribution < -0.4 is 5.73 Å². The summed E-state index contributed by atoms with van der Waals surface area (Å²) in [4.78, 5) is 4.55. The third-order valence-corrected chi connectivity index (χ3v) is 4.16. The molecule has 5 nitrogen and oxygen atoms in total. The monoisotopic (exact) mass is 251 g/mol. The molecule has 1 atom stereocenters. The van der Waals surface area contributed by atoms with E-state index >= 15 is 0 Å². The highest BCUT2D eigenvalue weighted by Crippen LogP contribution is 2.33. The maximum absolute atomic E-state index is 6.48. The number of hydrogen-bond acceptors (Lipinski definition) is 5. The average Bonchev–Trinajstić information content (AvgIpc) is 3.00. The van der Waals surface area contributed by atoms with Gasteiger partial charge in [0.15, 0.2) is 5.82 Å². The highest BCUT2D eigenvalue weighted by atomic mass is 16.5. The van der Waals surface area contributed by atoms with E-state index in [9.17, 15) is 0 Å². The van der Waals surface area contributed by atoms with Crippen molar-refractivity contribution in [3.8, 4) is 0 Å². The average molecular weight is 251 g/mol. The second-order valence-electron chi connectivity index (χ2n) is 5.59. The molecule has 1 aliphatic carbocycles. The maximum Gasteiger partial charge on any atom is 0.232 e. The SMILES string of the molecule is NC1(c2noc([C@H]3CCOC3)n2)CCCCCC1. The molecule has 18 heavy (non-hydrogen) atoms. The van der Waals surface area contributed by atoms with E-state index in [1.165, 1.54) is 12.8 Å². The van der Waals surface area contributed by atoms with E-state index in [2.05, 4.69) is 10.1 Å². The summed E-state index contributed by atoms with van der Waals surface area (Å²) in [5.41, 5.74) is 6.10. The summed E-state index contributed by atoms with van der Waals surface area (Å²) >= 11 is 0. The summed E-state index contributed by atoms with van der Waals surface area (Å²) in [5, 5.41) is 4.13. The van der Waals surface area contributed by atoms with Crippen molar-refractivity contribution in [2.24, 2.45) is 5.73 Å². The zero-order valence-corrected chi connectivity index (χ0v) is 10.7. The lowest BCUT2D eigenvalue weighted by molar-refractivity contribution is 0.189. The van der Waals surface area contributed by atoms with E-state index in [0.717, 1.165) is 38.7 Å². The molecule has 0 unspecified atom stereocenters. The molecule has 2 aliphatic rings. The van der Waals surface area contributed by atoms with Gasteiger partial charge < -0.3 is 15.0 Å². The summed E-state index contributed by atoms with van der Waals surface area (Å²) in [6.07, 6.45) is 7.75. The van der Waals surface area contributed by atoms with Crippen molar-refractivity contribution in [1.29, 1.82) is 0 Å². The van der Waals surface area contributed by atoms with E-state index < -0.39 is 0 Å². The lowest BCUT2D eigenvalue weighted by Gasteiger charge is -2.23. The van der Waals surface area contributed by atoms with Crippen molar-refractivity contribution < 1.29 is 9.26 Å². The lowest BCUT2D eigenvalue weighted by Crippen LogP contribution is -2.37. The van der Waals surface area contributed by atoms with Gasteiger partial charge in [-0.1, -0.05) is 30.8 Å². The van der Waals surface area contributed by atoms with Crippen LogP contribution in [-0.4, -0.2) is 23.4 Å². The first kappa shape index (κ1) is 12.1. The van der Waals surface area contributed by atoms with E-state index in [4.69, 9.17) is 15.0 Å². The Morgan fingerprint density at radius 3 is 2.61 bits per heavy atom. The highest BCUT2D eigenvalue weighted by Gasteiger charge is 2.34. The van der Waals surface area contributed by atoms with E-state index in [1.807, 2.05) is 0 Å². The standard InChI is InChI=1S/C13H21N3O2/c14-13(6-3-1-2-4-7-13)12-15-11(18-16-12)10-5-8-17-9-10/h10H,1-9,14H2/t10-/m0/s1. The Labute approximate surface area is 107 Å². The van der Waals surface area contributed by atoms with Crippen molar-refractivity contribution in [3.63, 3.8) is 0 Å². The number of rotatable bonds is 2. The number of nitrogens with zero attached hydrogens (tertiary/aromatic N) is 2. The Balaban J connectivity index is 1.78. The molecule has 0 aromatic carbocycles. The largest absolute Gasteiger partial charge is 0.381 e. The van der Waals surface area contributed by atoms with E-state index in [0.29, 0.717) is 18.3 Å².